The maximum atomic E-state index is 12.2. The van der Waals surface area contributed by atoms with Crippen LogP contribution in [0.2, 0.25) is 0 Å². The van der Waals surface area contributed by atoms with Gasteiger partial charge in [0, 0.05) is 12.1 Å². The third-order valence-corrected chi connectivity index (χ3v) is 3.47. The van der Waals surface area contributed by atoms with Gasteiger partial charge in [0.1, 0.15) is 6.04 Å². The number of carbonyl (C=O) groups is 1. The molecule has 7 nitrogen and oxygen atoms in total. The molecule has 1 aromatic carbocycles. The van der Waals surface area contributed by atoms with Crippen LogP contribution >= 0.6 is 7.60 Å². The molecule has 6 N–H and O–H groups in total. The Morgan fingerprint density at radius 1 is 1.40 bits per heavy atom. The van der Waals surface area contributed by atoms with Gasteiger partial charge in [-0.1, -0.05) is 6.07 Å². The lowest BCUT2D eigenvalue weighted by molar-refractivity contribution is -0.140. The van der Waals surface area contributed by atoms with E-state index in [9.17, 15) is 18.1 Å². The molecule has 0 amide bonds. The first kappa shape index (κ1) is 16.5. The first-order chi connectivity index (χ1) is 9.11. The quantitative estimate of drug-likeness (QED) is 0.281. The van der Waals surface area contributed by atoms with Gasteiger partial charge in [0.05, 0.1) is 5.30 Å². The van der Waals surface area contributed by atoms with Gasteiger partial charge in [-0.2, -0.15) is 8.78 Å². The standard InChI is InChI=1S/C10H13F2N2O5P/c11-10(12)14-8(9(15)16)3-5-1-2-6(4-7(5)13)20(17,18)19/h1-2,4,8,10,14H,3,13H2,(H,15,16)(H2,17,18,19)/t8-/m0/s1. The van der Waals surface area contributed by atoms with E-state index in [1.165, 1.54) is 6.07 Å². The molecular weight excluding hydrogens is 297 g/mol. The zero-order chi connectivity index (χ0) is 15.5. The van der Waals surface area contributed by atoms with E-state index in [0.29, 0.717) is 0 Å². The van der Waals surface area contributed by atoms with Gasteiger partial charge in [0.25, 0.3) is 6.55 Å². The number of alkyl halides is 2. The summed E-state index contributed by atoms with van der Waals surface area (Å²) in [5.41, 5.74) is 5.67. The Hall–Kier alpha value is -1.54. The second-order valence-electron chi connectivity index (χ2n) is 3.99. The summed E-state index contributed by atoms with van der Waals surface area (Å²) in [7, 11) is -4.47. The average molecular weight is 310 g/mol. The van der Waals surface area contributed by atoms with Crippen LogP contribution in [0.15, 0.2) is 18.2 Å². The van der Waals surface area contributed by atoms with Crippen molar-refractivity contribution < 1.29 is 33.0 Å². The van der Waals surface area contributed by atoms with Crippen molar-refractivity contribution in [2.24, 2.45) is 0 Å². The third-order valence-electron chi connectivity index (χ3n) is 2.52. The van der Waals surface area contributed by atoms with E-state index in [1.54, 1.807) is 5.32 Å². The highest BCUT2D eigenvalue weighted by Crippen LogP contribution is 2.34. The highest BCUT2D eigenvalue weighted by molar-refractivity contribution is 7.60. The predicted molar refractivity (Wildman–Crippen MR) is 66.8 cm³/mol. The summed E-state index contributed by atoms with van der Waals surface area (Å²) in [6, 6.07) is 1.72. The molecule has 10 heteroatoms. The third kappa shape index (κ3) is 4.53. The predicted octanol–water partition coefficient (Wildman–Crippen LogP) is -0.120. The van der Waals surface area contributed by atoms with E-state index in [0.717, 1.165) is 12.1 Å². The van der Waals surface area contributed by atoms with Crippen LogP contribution in [-0.2, 0) is 15.8 Å². The fourth-order valence-corrected chi connectivity index (χ4v) is 2.11. The van der Waals surface area contributed by atoms with Crippen LogP contribution in [0.3, 0.4) is 0 Å². The van der Waals surface area contributed by atoms with E-state index in [-0.39, 0.29) is 23.0 Å². The summed E-state index contributed by atoms with van der Waals surface area (Å²) in [4.78, 5) is 28.7. The Kier molecular flexibility index (Phi) is 5.18. The van der Waals surface area contributed by atoms with E-state index >= 15 is 0 Å². The first-order valence-corrected chi connectivity index (χ1v) is 6.94. The van der Waals surface area contributed by atoms with Crippen LogP contribution in [0.1, 0.15) is 5.56 Å². The van der Waals surface area contributed by atoms with Gasteiger partial charge >= 0.3 is 13.6 Å². The number of aliphatic carboxylic acids is 1. The highest BCUT2D eigenvalue weighted by atomic mass is 31.2. The number of nitrogen functional groups attached to an aromatic ring is 1. The highest BCUT2D eigenvalue weighted by Gasteiger charge is 2.23. The number of nitrogens with two attached hydrogens (primary N) is 1. The van der Waals surface area contributed by atoms with E-state index in [4.69, 9.17) is 20.6 Å². The van der Waals surface area contributed by atoms with Gasteiger partial charge in [-0.05, 0) is 17.7 Å². The fourth-order valence-electron chi connectivity index (χ4n) is 1.54. The number of halogens is 2. The molecule has 0 fully saturated rings. The largest absolute Gasteiger partial charge is 0.480 e. The lowest BCUT2D eigenvalue weighted by Crippen LogP contribution is -2.41. The van der Waals surface area contributed by atoms with Gasteiger partial charge in [-0.3, -0.25) is 9.36 Å². The summed E-state index contributed by atoms with van der Waals surface area (Å²) in [5.74, 6) is -1.48. The smallest absolute Gasteiger partial charge is 0.356 e. The van der Waals surface area contributed by atoms with Crippen molar-refractivity contribution in [2.45, 2.75) is 19.0 Å². The Balaban J connectivity index is 2.97. The lowest BCUT2D eigenvalue weighted by atomic mass is 10.0. The van der Waals surface area contributed by atoms with Crippen LogP contribution in [0, 0.1) is 0 Å². The molecule has 0 heterocycles. The molecule has 0 aromatic heterocycles. The van der Waals surface area contributed by atoms with Crippen molar-refractivity contribution in [1.29, 1.82) is 0 Å². The van der Waals surface area contributed by atoms with Crippen LogP contribution in [0.4, 0.5) is 14.5 Å². The maximum absolute atomic E-state index is 12.2. The second-order valence-corrected chi connectivity index (χ2v) is 5.59. The summed E-state index contributed by atoms with van der Waals surface area (Å²) < 4.78 is 35.3. The van der Waals surface area contributed by atoms with Crippen molar-refractivity contribution >= 4 is 24.6 Å². The number of rotatable bonds is 6. The number of hydrogen-bond donors (Lipinski definition) is 5. The molecular formula is C10H13F2N2O5P. The normalized spacial score (nSPS) is 13.4. The zero-order valence-electron chi connectivity index (χ0n) is 10.0. The number of carboxylic acid groups (broad SMARTS) is 1. The van der Waals surface area contributed by atoms with Crippen molar-refractivity contribution in [2.75, 3.05) is 5.73 Å². The van der Waals surface area contributed by atoms with Crippen LogP contribution in [0.25, 0.3) is 0 Å². The fraction of sp³-hybridized carbons (Fsp3) is 0.300. The summed E-state index contributed by atoms with van der Waals surface area (Å²) >= 11 is 0. The number of carboxylic acids is 1. The van der Waals surface area contributed by atoms with Crippen molar-refractivity contribution in [3.63, 3.8) is 0 Å². The molecule has 0 aliphatic carbocycles. The number of hydrogen-bond acceptors (Lipinski definition) is 4. The van der Waals surface area contributed by atoms with Crippen molar-refractivity contribution in [1.82, 2.24) is 5.32 Å². The molecule has 0 saturated carbocycles. The maximum Gasteiger partial charge on any atom is 0.356 e. The minimum Gasteiger partial charge on any atom is -0.480 e. The molecule has 20 heavy (non-hydrogen) atoms. The molecule has 0 spiro atoms. The summed E-state index contributed by atoms with van der Waals surface area (Å²) in [6.07, 6.45) is -0.340. The Morgan fingerprint density at radius 2 is 2.00 bits per heavy atom. The Bertz CT molecular complexity index is 548. The number of anilines is 1. The molecule has 112 valence electrons. The van der Waals surface area contributed by atoms with Gasteiger partial charge in [0.15, 0.2) is 0 Å². The summed E-state index contributed by atoms with van der Waals surface area (Å²) in [6.45, 7) is -3.01. The van der Waals surface area contributed by atoms with Crippen LogP contribution in [0.5, 0.6) is 0 Å². The molecule has 0 bridgehead atoms. The van der Waals surface area contributed by atoms with E-state index in [2.05, 4.69) is 0 Å². The number of nitrogens with one attached hydrogen (secondary N) is 1. The Morgan fingerprint density at radius 3 is 2.40 bits per heavy atom. The molecule has 1 rings (SSSR count). The second kappa shape index (κ2) is 6.27. The molecule has 1 atom stereocenters. The van der Waals surface area contributed by atoms with Crippen molar-refractivity contribution in [3.8, 4) is 0 Å². The van der Waals surface area contributed by atoms with E-state index in [1.807, 2.05) is 0 Å². The van der Waals surface area contributed by atoms with Crippen LogP contribution in [-0.4, -0.2) is 33.5 Å². The molecule has 0 saturated heterocycles. The van der Waals surface area contributed by atoms with Gasteiger partial charge in [-0.15, -0.1) is 0 Å². The minimum absolute atomic E-state index is 0.0758. The average Bonchev–Trinajstić information content (AvgIpc) is 2.28. The monoisotopic (exact) mass is 310 g/mol. The van der Waals surface area contributed by atoms with Crippen molar-refractivity contribution in [3.05, 3.63) is 23.8 Å². The molecule has 0 unspecified atom stereocenters. The van der Waals surface area contributed by atoms with Gasteiger partial charge in [0.2, 0.25) is 0 Å². The molecule has 0 aliphatic heterocycles. The molecule has 0 radical (unpaired) electrons. The minimum atomic E-state index is -4.47. The van der Waals surface area contributed by atoms with Crippen LogP contribution < -0.4 is 16.4 Å². The topological polar surface area (TPSA) is 133 Å². The zero-order valence-corrected chi connectivity index (χ0v) is 10.9. The lowest BCUT2D eigenvalue weighted by Gasteiger charge is -2.15. The first-order valence-electron chi connectivity index (χ1n) is 5.32. The summed E-state index contributed by atoms with van der Waals surface area (Å²) in [5, 5.41) is 10.0. The van der Waals surface area contributed by atoms with Gasteiger partial charge < -0.3 is 20.6 Å². The SMILES string of the molecule is Nc1cc(P(=O)(O)O)ccc1C[C@H](NC(F)F)C(=O)O. The van der Waals surface area contributed by atoms with E-state index < -0.39 is 26.2 Å². The molecule has 0 aliphatic rings. The molecule has 1 aromatic rings. The Labute approximate surface area is 112 Å². The van der Waals surface area contributed by atoms with Gasteiger partial charge in [-0.25, -0.2) is 5.32 Å². The number of benzene rings is 1.